The highest BCUT2D eigenvalue weighted by atomic mass is 19.4. The highest BCUT2D eigenvalue weighted by Gasteiger charge is 2.49. The molecule has 16 heavy (non-hydrogen) atoms. The Morgan fingerprint density at radius 3 is 2.25 bits per heavy atom. The Labute approximate surface area is 93.6 Å². The highest BCUT2D eigenvalue weighted by Crippen LogP contribution is 2.36. The van der Waals surface area contributed by atoms with Gasteiger partial charge in [-0.15, -0.1) is 0 Å². The number of rotatable bonds is 1. The second-order valence-electron chi connectivity index (χ2n) is 5.34. The third kappa shape index (κ3) is 2.97. The van der Waals surface area contributed by atoms with Crippen LogP contribution in [0.15, 0.2) is 0 Å². The van der Waals surface area contributed by atoms with Gasteiger partial charge in [0.25, 0.3) is 0 Å². The van der Waals surface area contributed by atoms with E-state index in [4.69, 9.17) is 0 Å². The van der Waals surface area contributed by atoms with Crippen molar-refractivity contribution in [2.24, 2.45) is 11.3 Å². The number of ketones is 1. The first-order chi connectivity index (χ1) is 7.14. The molecule has 0 saturated carbocycles. The quantitative estimate of drug-likeness (QED) is 0.759. The van der Waals surface area contributed by atoms with Gasteiger partial charge in [-0.3, -0.25) is 4.79 Å². The molecule has 94 valence electrons. The highest BCUT2D eigenvalue weighted by molar-refractivity contribution is 5.89. The molecule has 0 aliphatic carbocycles. The summed E-state index contributed by atoms with van der Waals surface area (Å²) in [6.07, 6.45) is -3.78. The van der Waals surface area contributed by atoms with E-state index < -0.39 is 23.6 Å². The Kier molecular flexibility index (Phi) is 3.67. The van der Waals surface area contributed by atoms with E-state index in [0.29, 0.717) is 13.0 Å². The van der Waals surface area contributed by atoms with Gasteiger partial charge in [-0.2, -0.15) is 13.2 Å². The maximum absolute atomic E-state index is 12.7. The van der Waals surface area contributed by atoms with Gasteiger partial charge in [0.2, 0.25) is 0 Å². The zero-order valence-electron chi connectivity index (χ0n) is 9.82. The van der Waals surface area contributed by atoms with Crippen LogP contribution in [0.4, 0.5) is 13.2 Å². The number of hydrogen-bond donors (Lipinski definition) is 1. The van der Waals surface area contributed by atoms with Crippen molar-refractivity contribution in [2.75, 3.05) is 6.54 Å². The first kappa shape index (κ1) is 13.5. The van der Waals surface area contributed by atoms with E-state index in [1.165, 1.54) is 0 Å². The molecular formula is C11H18F3NO. The number of piperidine rings is 1. The normalized spacial score (nSPS) is 27.9. The van der Waals surface area contributed by atoms with Gasteiger partial charge < -0.3 is 5.32 Å². The second-order valence-corrected chi connectivity index (χ2v) is 5.34. The number of halogens is 3. The lowest BCUT2D eigenvalue weighted by Gasteiger charge is -2.36. The molecule has 0 bridgehead atoms. The Morgan fingerprint density at radius 1 is 1.25 bits per heavy atom. The van der Waals surface area contributed by atoms with Gasteiger partial charge in [-0.25, -0.2) is 0 Å². The molecule has 2 atom stereocenters. The van der Waals surface area contributed by atoms with Gasteiger partial charge >= 0.3 is 6.18 Å². The topological polar surface area (TPSA) is 29.1 Å². The molecule has 1 heterocycles. The van der Waals surface area contributed by atoms with E-state index >= 15 is 0 Å². The monoisotopic (exact) mass is 237 g/mol. The Bertz CT molecular complexity index is 267. The maximum atomic E-state index is 12.7. The van der Waals surface area contributed by atoms with E-state index in [1.54, 1.807) is 20.8 Å². The number of hydrogen-bond acceptors (Lipinski definition) is 2. The number of carbonyl (C=O) groups excluding carboxylic acids is 1. The maximum Gasteiger partial charge on any atom is 0.393 e. The minimum absolute atomic E-state index is 0.0446. The van der Waals surface area contributed by atoms with Crippen molar-refractivity contribution in [3.8, 4) is 0 Å². The summed E-state index contributed by atoms with van der Waals surface area (Å²) < 4.78 is 38.2. The molecule has 0 amide bonds. The van der Waals surface area contributed by atoms with Gasteiger partial charge in [0.1, 0.15) is 0 Å². The van der Waals surface area contributed by atoms with Crippen LogP contribution in [-0.2, 0) is 4.79 Å². The van der Waals surface area contributed by atoms with Crippen LogP contribution in [0.5, 0.6) is 0 Å². The van der Waals surface area contributed by atoms with Crippen LogP contribution in [0.2, 0.25) is 0 Å². The first-order valence-corrected chi connectivity index (χ1v) is 5.48. The lowest BCUT2D eigenvalue weighted by atomic mass is 9.78. The van der Waals surface area contributed by atoms with E-state index in [2.05, 4.69) is 5.32 Å². The summed E-state index contributed by atoms with van der Waals surface area (Å²) in [4.78, 5) is 11.9. The van der Waals surface area contributed by atoms with Crippen molar-refractivity contribution in [2.45, 2.75) is 45.8 Å². The fourth-order valence-electron chi connectivity index (χ4n) is 1.98. The molecule has 1 N–H and O–H groups in total. The molecule has 0 spiro atoms. The van der Waals surface area contributed by atoms with Crippen molar-refractivity contribution >= 4 is 5.78 Å². The van der Waals surface area contributed by atoms with Gasteiger partial charge in [0, 0.05) is 5.41 Å². The Balaban J connectivity index is 2.87. The number of Topliss-reactive ketones (excluding diaryl/α,β-unsaturated/α-hetero) is 1. The molecule has 5 heteroatoms. The summed E-state index contributed by atoms with van der Waals surface area (Å²) in [5, 5.41) is 2.71. The average molecular weight is 237 g/mol. The zero-order chi connectivity index (χ0) is 12.6. The smallest absolute Gasteiger partial charge is 0.307 e. The fourth-order valence-corrected chi connectivity index (χ4v) is 1.98. The van der Waals surface area contributed by atoms with Gasteiger partial charge in [0.05, 0.1) is 12.0 Å². The number of carbonyl (C=O) groups is 1. The third-order valence-electron chi connectivity index (χ3n) is 2.90. The van der Waals surface area contributed by atoms with Crippen molar-refractivity contribution in [1.82, 2.24) is 5.32 Å². The predicted octanol–water partition coefficient (Wildman–Crippen LogP) is 2.53. The molecule has 0 aromatic rings. The van der Waals surface area contributed by atoms with Crippen LogP contribution in [0.3, 0.4) is 0 Å². The van der Waals surface area contributed by atoms with Crippen molar-refractivity contribution < 1.29 is 18.0 Å². The third-order valence-corrected chi connectivity index (χ3v) is 2.90. The lowest BCUT2D eigenvalue weighted by molar-refractivity contribution is -0.191. The van der Waals surface area contributed by atoms with Crippen molar-refractivity contribution in [3.63, 3.8) is 0 Å². The molecule has 2 nitrogen and oxygen atoms in total. The van der Waals surface area contributed by atoms with Crippen LogP contribution < -0.4 is 5.32 Å². The summed E-state index contributed by atoms with van der Waals surface area (Å²) in [6, 6.07) is -1.08. The van der Waals surface area contributed by atoms with Crippen LogP contribution in [0.25, 0.3) is 0 Å². The Hall–Kier alpha value is -0.580. The number of nitrogens with one attached hydrogen (secondary N) is 1. The zero-order valence-corrected chi connectivity index (χ0v) is 9.82. The Morgan fingerprint density at radius 2 is 1.81 bits per heavy atom. The van der Waals surface area contributed by atoms with Crippen molar-refractivity contribution in [1.29, 1.82) is 0 Å². The summed E-state index contributed by atoms with van der Waals surface area (Å²) in [7, 11) is 0. The molecule has 2 unspecified atom stereocenters. The summed E-state index contributed by atoms with van der Waals surface area (Å²) in [5.74, 6) is -1.89. The SMILES string of the molecule is CC(C)(C)C(=O)C1NCCCC1C(F)(F)F. The molecule has 1 aliphatic heterocycles. The second kappa shape index (κ2) is 4.35. The fraction of sp³-hybridized carbons (Fsp3) is 0.909. The van der Waals surface area contributed by atoms with E-state index in [1.807, 2.05) is 0 Å². The van der Waals surface area contributed by atoms with Gasteiger partial charge in [-0.05, 0) is 19.4 Å². The standard InChI is InChI=1S/C11H18F3NO/c1-10(2,3)9(16)8-7(11(12,13)14)5-4-6-15-8/h7-8,15H,4-6H2,1-3H3. The molecule has 1 aliphatic rings. The molecule has 1 saturated heterocycles. The summed E-state index contributed by atoms with van der Waals surface area (Å²) in [6.45, 7) is 5.44. The number of alkyl halides is 3. The van der Waals surface area contributed by atoms with Crippen molar-refractivity contribution in [3.05, 3.63) is 0 Å². The summed E-state index contributed by atoms with van der Waals surface area (Å²) >= 11 is 0. The minimum atomic E-state index is -4.29. The van der Waals surface area contributed by atoms with Crippen LogP contribution in [-0.4, -0.2) is 24.5 Å². The molecule has 0 aromatic carbocycles. The minimum Gasteiger partial charge on any atom is -0.307 e. The van der Waals surface area contributed by atoms with Gasteiger partial charge in [-0.1, -0.05) is 20.8 Å². The van der Waals surface area contributed by atoms with Gasteiger partial charge in [0.15, 0.2) is 5.78 Å². The first-order valence-electron chi connectivity index (χ1n) is 5.48. The molecule has 0 aromatic heterocycles. The lowest BCUT2D eigenvalue weighted by Crippen LogP contribution is -2.54. The molecular weight excluding hydrogens is 219 g/mol. The van der Waals surface area contributed by atoms with Crippen LogP contribution in [0.1, 0.15) is 33.6 Å². The van der Waals surface area contributed by atoms with E-state index in [0.717, 1.165) is 0 Å². The van der Waals surface area contributed by atoms with E-state index in [-0.39, 0.29) is 12.2 Å². The van der Waals surface area contributed by atoms with Crippen LogP contribution in [0, 0.1) is 11.3 Å². The largest absolute Gasteiger partial charge is 0.393 e. The van der Waals surface area contributed by atoms with E-state index in [9.17, 15) is 18.0 Å². The average Bonchev–Trinajstić information content (AvgIpc) is 2.14. The summed E-state index contributed by atoms with van der Waals surface area (Å²) in [5.41, 5.74) is -0.738. The molecule has 1 fully saturated rings. The predicted molar refractivity (Wildman–Crippen MR) is 55.0 cm³/mol. The molecule has 0 radical (unpaired) electrons. The molecule has 1 rings (SSSR count). The van der Waals surface area contributed by atoms with Crippen LogP contribution >= 0.6 is 0 Å².